The summed E-state index contributed by atoms with van der Waals surface area (Å²) < 4.78 is 0. The molecule has 2 aromatic rings. The van der Waals surface area contributed by atoms with Crippen molar-refractivity contribution in [1.29, 1.82) is 0 Å². The third kappa shape index (κ3) is 2.12. The van der Waals surface area contributed by atoms with Crippen LogP contribution in [-0.2, 0) is 13.0 Å². The zero-order valence-corrected chi connectivity index (χ0v) is 10.2. The first kappa shape index (κ1) is 11.6. The molecule has 2 aromatic heterocycles. The molecular weight excluding hydrogens is 244 g/mol. The van der Waals surface area contributed by atoms with Gasteiger partial charge in [-0.15, -0.1) is 0 Å². The van der Waals surface area contributed by atoms with Gasteiger partial charge in [0.2, 0.25) is 0 Å². The Labute approximate surface area is 109 Å². The monoisotopic (exact) mass is 256 g/mol. The van der Waals surface area contributed by atoms with Gasteiger partial charge in [0.25, 0.3) is 0 Å². The van der Waals surface area contributed by atoms with Gasteiger partial charge in [0.1, 0.15) is 6.33 Å². The predicted molar refractivity (Wildman–Crippen MR) is 67.4 cm³/mol. The van der Waals surface area contributed by atoms with Gasteiger partial charge in [0.05, 0.1) is 23.6 Å². The van der Waals surface area contributed by atoms with Crippen molar-refractivity contribution in [1.82, 2.24) is 19.9 Å². The summed E-state index contributed by atoms with van der Waals surface area (Å²) >= 11 is 0. The van der Waals surface area contributed by atoms with Gasteiger partial charge >= 0.3 is 6.09 Å². The van der Waals surface area contributed by atoms with Crippen molar-refractivity contribution in [2.24, 2.45) is 0 Å². The second-order valence-corrected chi connectivity index (χ2v) is 4.32. The smallest absolute Gasteiger partial charge is 0.407 e. The van der Waals surface area contributed by atoms with Crippen LogP contribution in [0.2, 0.25) is 0 Å². The lowest BCUT2D eigenvalue weighted by Gasteiger charge is -2.26. The number of pyridine rings is 1. The van der Waals surface area contributed by atoms with E-state index in [0.717, 1.165) is 22.6 Å². The number of aromatic nitrogens is 3. The van der Waals surface area contributed by atoms with Crippen molar-refractivity contribution in [3.63, 3.8) is 0 Å². The SMILES string of the molecule is O=C(O)N1CCc2c(ncnc2-c2ccccn2)C1. The van der Waals surface area contributed by atoms with Gasteiger partial charge in [-0.3, -0.25) is 4.98 Å². The van der Waals surface area contributed by atoms with Crippen molar-refractivity contribution in [2.75, 3.05) is 6.54 Å². The Balaban J connectivity index is 2.02. The van der Waals surface area contributed by atoms with Crippen LogP contribution in [0.25, 0.3) is 11.4 Å². The zero-order valence-electron chi connectivity index (χ0n) is 10.2. The predicted octanol–water partition coefficient (Wildman–Crippen LogP) is 1.57. The van der Waals surface area contributed by atoms with Crippen LogP contribution >= 0.6 is 0 Å². The molecule has 0 saturated carbocycles. The van der Waals surface area contributed by atoms with Crippen LogP contribution in [0.1, 0.15) is 11.3 Å². The molecule has 1 N–H and O–H groups in total. The second kappa shape index (κ2) is 4.64. The Morgan fingerprint density at radius 2 is 2.16 bits per heavy atom. The van der Waals surface area contributed by atoms with Gasteiger partial charge in [0.15, 0.2) is 0 Å². The summed E-state index contributed by atoms with van der Waals surface area (Å²) in [5.74, 6) is 0. The number of amides is 1. The summed E-state index contributed by atoms with van der Waals surface area (Å²) in [5, 5.41) is 9.02. The quantitative estimate of drug-likeness (QED) is 0.837. The summed E-state index contributed by atoms with van der Waals surface area (Å²) in [6.07, 6.45) is 2.89. The van der Waals surface area contributed by atoms with Crippen molar-refractivity contribution in [3.8, 4) is 11.4 Å². The van der Waals surface area contributed by atoms with E-state index in [9.17, 15) is 4.79 Å². The molecule has 0 bridgehead atoms. The minimum Gasteiger partial charge on any atom is -0.465 e. The molecule has 3 rings (SSSR count). The maximum Gasteiger partial charge on any atom is 0.407 e. The molecule has 0 spiro atoms. The Kier molecular flexibility index (Phi) is 2.83. The highest BCUT2D eigenvalue weighted by Gasteiger charge is 2.24. The van der Waals surface area contributed by atoms with Gasteiger partial charge in [-0.2, -0.15) is 0 Å². The van der Waals surface area contributed by atoms with Gasteiger partial charge in [-0.1, -0.05) is 6.07 Å². The van der Waals surface area contributed by atoms with Crippen molar-refractivity contribution < 1.29 is 9.90 Å². The average Bonchev–Trinajstić information content (AvgIpc) is 2.47. The molecule has 1 aliphatic rings. The van der Waals surface area contributed by atoms with E-state index in [1.807, 2.05) is 18.2 Å². The fourth-order valence-corrected chi connectivity index (χ4v) is 2.24. The number of hydrogen-bond donors (Lipinski definition) is 1. The van der Waals surface area contributed by atoms with E-state index in [-0.39, 0.29) is 0 Å². The fourth-order valence-electron chi connectivity index (χ4n) is 2.24. The van der Waals surface area contributed by atoms with Gasteiger partial charge < -0.3 is 10.0 Å². The summed E-state index contributed by atoms with van der Waals surface area (Å²) in [6, 6.07) is 5.65. The number of nitrogens with zero attached hydrogens (tertiary/aromatic N) is 4. The first-order valence-electron chi connectivity index (χ1n) is 5.97. The van der Waals surface area contributed by atoms with Gasteiger partial charge in [-0.05, 0) is 18.6 Å². The summed E-state index contributed by atoms with van der Waals surface area (Å²) in [4.78, 5) is 25.1. The Morgan fingerprint density at radius 1 is 1.26 bits per heavy atom. The lowest BCUT2D eigenvalue weighted by molar-refractivity contribution is 0.139. The van der Waals surface area contributed by atoms with E-state index in [1.165, 1.54) is 11.2 Å². The largest absolute Gasteiger partial charge is 0.465 e. The first-order chi connectivity index (χ1) is 9.25. The molecule has 0 aliphatic carbocycles. The molecule has 6 heteroatoms. The third-order valence-corrected chi connectivity index (χ3v) is 3.18. The molecule has 0 fully saturated rings. The minimum absolute atomic E-state index is 0.313. The van der Waals surface area contributed by atoms with E-state index in [2.05, 4.69) is 15.0 Å². The van der Waals surface area contributed by atoms with Crippen LogP contribution in [0.5, 0.6) is 0 Å². The number of carbonyl (C=O) groups is 1. The minimum atomic E-state index is -0.913. The highest BCUT2D eigenvalue weighted by Crippen LogP contribution is 2.25. The Hall–Kier alpha value is -2.50. The lowest BCUT2D eigenvalue weighted by Crippen LogP contribution is -2.35. The van der Waals surface area contributed by atoms with Crippen LogP contribution in [0.15, 0.2) is 30.7 Å². The second-order valence-electron chi connectivity index (χ2n) is 4.32. The third-order valence-electron chi connectivity index (χ3n) is 3.18. The normalized spacial score (nSPS) is 14.0. The van der Waals surface area contributed by atoms with E-state index < -0.39 is 6.09 Å². The van der Waals surface area contributed by atoms with Crippen LogP contribution in [0.3, 0.4) is 0 Å². The standard InChI is InChI=1S/C13H12N4O2/c18-13(19)17-6-4-9-11(7-17)15-8-16-12(9)10-3-1-2-5-14-10/h1-3,5,8H,4,6-7H2,(H,18,19). The van der Waals surface area contributed by atoms with Gasteiger partial charge in [-0.25, -0.2) is 14.8 Å². The molecule has 0 aromatic carbocycles. The number of rotatable bonds is 1. The van der Waals surface area contributed by atoms with Crippen LogP contribution < -0.4 is 0 Å². The first-order valence-corrected chi connectivity index (χ1v) is 5.97. The molecule has 0 radical (unpaired) electrons. The van der Waals surface area contributed by atoms with E-state index in [1.54, 1.807) is 6.20 Å². The Bertz CT molecular complexity index is 615. The highest BCUT2D eigenvalue weighted by atomic mass is 16.4. The van der Waals surface area contributed by atoms with Crippen molar-refractivity contribution in [2.45, 2.75) is 13.0 Å². The summed E-state index contributed by atoms with van der Waals surface area (Å²) in [6.45, 7) is 0.780. The van der Waals surface area contributed by atoms with Crippen molar-refractivity contribution in [3.05, 3.63) is 42.0 Å². The molecule has 19 heavy (non-hydrogen) atoms. The fraction of sp³-hybridized carbons (Fsp3) is 0.231. The maximum absolute atomic E-state index is 11.0. The molecule has 0 atom stereocenters. The zero-order chi connectivity index (χ0) is 13.2. The molecular formula is C13H12N4O2. The van der Waals surface area contributed by atoms with E-state index >= 15 is 0 Å². The maximum atomic E-state index is 11.0. The van der Waals surface area contributed by atoms with Crippen LogP contribution in [0, 0.1) is 0 Å². The highest BCUT2D eigenvalue weighted by molar-refractivity contribution is 5.66. The summed E-state index contributed by atoms with van der Waals surface area (Å²) in [7, 11) is 0. The molecule has 3 heterocycles. The Morgan fingerprint density at radius 3 is 2.89 bits per heavy atom. The van der Waals surface area contributed by atoms with Crippen molar-refractivity contribution >= 4 is 6.09 Å². The number of fused-ring (bicyclic) bond motifs is 1. The average molecular weight is 256 g/mol. The number of carboxylic acid groups (broad SMARTS) is 1. The molecule has 0 saturated heterocycles. The van der Waals surface area contributed by atoms with E-state index in [0.29, 0.717) is 19.5 Å². The van der Waals surface area contributed by atoms with Crippen LogP contribution in [0.4, 0.5) is 4.79 Å². The van der Waals surface area contributed by atoms with E-state index in [4.69, 9.17) is 5.11 Å². The molecule has 0 unspecified atom stereocenters. The molecule has 1 amide bonds. The van der Waals surface area contributed by atoms with Gasteiger partial charge in [0, 0.05) is 18.3 Å². The topological polar surface area (TPSA) is 79.2 Å². The lowest BCUT2D eigenvalue weighted by atomic mass is 10.0. The number of hydrogen-bond acceptors (Lipinski definition) is 4. The molecule has 96 valence electrons. The summed E-state index contributed by atoms with van der Waals surface area (Å²) in [5.41, 5.74) is 3.36. The molecule has 6 nitrogen and oxygen atoms in total. The molecule has 1 aliphatic heterocycles. The van der Waals surface area contributed by atoms with Crippen LogP contribution in [-0.4, -0.2) is 37.6 Å².